The van der Waals surface area contributed by atoms with Crippen LogP contribution in [-0.4, -0.2) is 18.2 Å². The van der Waals surface area contributed by atoms with Crippen LogP contribution in [0.3, 0.4) is 0 Å². The number of fused-ring (bicyclic) bond motifs is 1. The maximum absolute atomic E-state index is 11.2. The van der Waals surface area contributed by atoms with E-state index in [1.165, 1.54) is 0 Å². The molecule has 0 bridgehead atoms. The molecule has 136 valence electrons. The van der Waals surface area contributed by atoms with Crippen molar-refractivity contribution in [2.45, 2.75) is 6.92 Å². The zero-order valence-corrected chi connectivity index (χ0v) is 15.4. The number of aromatic nitrogens is 2. The van der Waals surface area contributed by atoms with Crippen molar-refractivity contribution in [2.75, 3.05) is 4.72 Å². The first-order valence-corrected chi connectivity index (χ1v) is 9.91. The van der Waals surface area contributed by atoms with Crippen LogP contribution in [0.2, 0.25) is 0 Å². The molecule has 1 heterocycles. The summed E-state index contributed by atoms with van der Waals surface area (Å²) in [4.78, 5) is 0. The molecular weight excluding hydrogens is 360 g/mol. The molecular formula is C20H18N4O2S. The van der Waals surface area contributed by atoms with Gasteiger partial charge in [-0.2, -0.15) is 13.5 Å². The summed E-state index contributed by atoms with van der Waals surface area (Å²) in [5, 5.41) is 11.9. The number of hydrogen-bond donors (Lipinski definition) is 2. The highest BCUT2D eigenvalue weighted by Crippen LogP contribution is 2.31. The fourth-order valence-electron chi connectivity index (χ4n) is 3.17. The van der Waals surface area contributed by atoms with Crippen molar-refractivity contribution < 1.29 is 8.42 Å². The van der Waals surface area contributed by atoms with Gasteiger partial charge < -0.3 is 0 Å². The summed E-state index contributed by atoms with van der Waals surface area (Å²) < 4.78 is 26.5. The Morgan fingerprint density at radius 1 is 0.963 bits per heavy atom. The van der Waals surface area contributed by atoms with Gasteiger partial charge in [-0.3, -0.25) is 4.72 Å². The van der Waals surface area contributed by atoms with E-state index in [2.05, 4.69) is 34.1 Å². The summed E-state index contributed by atoms with van der Waals surface area (Å²) in [5.41, 5.74) is 4.17. The van der Waals surface area contributed by atoms with E-state index in [0.29, 0.717) is 5.69 Å². The molecule has 4 aromatic rings. The Kier molecular flexibility index (Phi) is 4.18. The molecule has 3 aromatic carbocycles. The molecule has 0 saturated carbocycles. The van der Waals surface area contributed by atoms with Crippen molar-refractivity contribution in [3.05, 3.63) is 78.5 Å². The second kappa shape index (κ2) is 6.53. The highest BCUT2D eigenvalue weighted by atomic mass is 32.2. The molecule has 3 N–H and O–H groups in total. The molecule has 1 aromatic heterocycles. The van der Waals surface area contributed by atoms with Crippen LogP contribution in [0, 0.1) is 6.92 Å². The number of anilines is 1. The van der Waals surface area contributed by atoms with Crippen molar-refractivity contribution >= 4 is 26.7 Å². The monoisotopic (exact) mass is 378 g/mol. The molecule has 0 amide bonds. The van der Waals surface area contributed by atoms with Crippen molar-refractivity contribution in [2.24, 2.45) is 5.14 Å². The van der Waals surface area contributed by atoms with Crippen LogP contribution in [0.25, 0.3) is 27.7 Å². The Bertz CT molecular complexity index is 1220. The summed E-state index contributed by atoms with van der Waals surface area (Å²) in [5.74, 6) is 0. The van der Waals surface area contributed by atoms with Gasteiger partial charge in [-0.25, -0.2) is 9.82 Å². The average molecular weight is 378 g/mol. The van der Waals surface area contributed by atoms with Crippen molar-refractivity contribution in [1.29, 1.82) is 0 Å². The smallest absolute Gasteiger partial charge is 0.271 e. The molecule has 0 radical (unpaired) electrons. The van der Waals surface area contributed by atoms with E-state index in [9.17, 15) is 8.42 Å². The number of nitrogens with zero attached hydrogens (tertiary/aromatic N) is 2. The molecule has 27 heavy (non-hydrogen) atoms. The zero-order valence-electron chi connectivity index (χ0n) is 14.6. The lowest BCUT2D eigenvalue weighted by molar-refractivity contribution is 0.603. The van der Waals surface area contributed by atoms with Crippen LogP contribution in [0.15, 0.2) is 72.8 Å². The van der Waals surface area contributed by atoms with E-state index in [4.69, 9.17) is 5.14 Å². The molecule has 0 fully saturated rings. The summed E-state index contributed by atoms with van der Waals surface area (Å²) in [7, 11) is -3.80. The Balaban J connectivity index is 1.82. The molecule has 0 saturated heterocycles. The van der Waals surface area contributed by atoms with Crippen LogP contribution in [0.4, 0.5) is 5.69 Å². The third-order valence-electron chi connectivity index (χ3n) is 4.27. The SMILES string of the molecule is Cc1cc(-c2cccc3ccccc23)n(-c2ccc(NS(N)(=O)=O)cc2)n1. The van der Waals surface area contributed by atoms with Crippen LogP contribution in [0.1, 0.15) is 5.69 Å². The zero-order chi connectivity index (χ0) is 19.0. The summed E-state index contributed by atoms with van der Waals surface area (Å²) in [6.07, 6.45) is 0. The Morgan fingerprint density at radius 3 is 2.41 bits per heavy atom. The number of hydrogen-bond acceptors (Lipinski definition) is 3. The van der Waals surface area contributed by atoms with Crippen molar-refractivity contribution in [3.8, 4) is 16.9 Å². The summed E-state index contributed by atoms with van der Waals surface area (Å²) in [6, 6.07) is 23.4. The Morgan fingerprint density at radius 2 is 1.67 bits per heavy atom. The van der Waals surface area contributed by atoms with E-state index < -0.39 is 10.2 Å². The maximum Gasteiger partial charge on any atom is 0.296 e. The minimum atomic E-state index is -3.80. The Labute approximate surface area is 157 Å². The van der Waals surface area contributed by atoms with Gasteiger partial charge in [0.25, 0.3) is 10.2 Å². The van der Waals surface area contributed by atoms with Gasteiger partial charge in [0, 0.05) is 11.3 Å². The molecule has 0 atom stereocenters. The summed E-state index contributed by atoms with van der Waals surface area (Å²) in [6.45, 7) is 1.95. The molecule has 6 nitrogen and oxygen atoms in total. The largest absolute Gasteiger partial charge is 0.296 e. The van der Waals surface area contributed by atoms with Gasteiger partial charge in [-0.1, -0.05) is 42.5 Å². The van der Waals surface area contributed by atoms with E-state index in [1.54, 1.807) is 24.3 Å². The fourth-order valence-corrected chi connectivity index (χ4v) is 3.64. The first-order valence-electron chi connectivity index (χ1n) is 8.36. The molecule has 0 aliphatic carbocycles. The predicted octanol–water partition coefficient (Wildman–Crippen LogP) is 3.62. The lowest BCUT2D eigenvalue weighted by atomic mass is 10.0. The molecule has 0 unspecified atom stereocenters. The topological polar surface area (TPSA) is 90.0 Å². The minimum absolute atomic E-state index is 0.400. The van der Waals surface area contributed by atoms with Gasteiger partial charge in [0.1, 0.15) is 0 Å². The highest BCUT2D eigenvalue weighted by molar-refractivity contribution is 7.90. The van der Waals surface area contributed by atoms with E-state index in [-0.39, 0.29) is 0 Å². The molecule has 4 rings (SSSR count). The first-order chi connectivity index (χ1) is 12.9. The fraction of sp³-hybridized carbons (Fsp3) is 0.0500. The van der Waals surface area contributed by atoms with Crippen LogP contribution in [-0.2, 0) is 10.2 Å². The lowest BCUT2D eigenvalue weighted by Crippen LogP contribution is -2.21. The van der Waals surface area contributed by atoms with Crippen molar-refractivity contribution in [3.63, 3.8) is 0 Å². The second-order valence-corrected chi connectivity index (χ2v) is 7.60. The third-order valence-corrected chi connectivity index (χ3v) is 4.79. The number of benzene rings is 3. The molecule has 0 spiro atoms. The second-order valence-electron chi connectivity index (χ2n) is 6.30. The average Bonchev–Trinajstić information content (AvgIpc) is 3.02. The number of rotatable bonds is 4. The maximum atomic E-state index is 11.2. The first kappa shape index (κ1) is 17.3. The highest BCUT2D eigenvalue weighted by Gasteiger charge is 2.13. The number of nitrogens with one attached hydrogen (secondary N) is 1. The van der Waals surface area contributed by atoms with Crippen LogP contribution < -0.4 is 9.86 Å². The van der Waals surface area contributed by atoms with Crippen LogP contribution in [0.5, 0.6) is 0 Å². The molecule has 0 aliphatic heterocycles. The summed E-state index contributed by atoms with van der Waals surface area (Å²) >= 11 is 0. The van der Waals surface area contributed by atoms with E-state index in [1.807, 2.05) is 35.9 Å². The van der Waals surface area contributed by atoms with E-state index in [0.717, 1.165) is 33.4 Å². The van der Waals surface area contributed by atoms with Gasteiger partial charge in [0.2, 0.25) is 0 Å². The quantitative estimate of drug-likeness (QED) is 0.568. The predicted molar refractivity (Wildman–Crippen MR) is 108 cm³/mol. The van der Waals surface area contributed by atoms with Crippen LogP contribution >= 0.6 is 0 Å². The Hall–Kier alpha value is -3.16. The number of aryl methyl sites for hydroxylation is 1. The van der Waals surface area contributed by atoms with Gasteiger partial charge in [0.15, 0.2) is 0 Å². The van der Waals surface area contributed by atoms with Gasteiger partial charge in [-0.05, 0) is 48.0 Å². The lowest BCUT2D eigenvalue weighted by Gasteiger charge is -2.11. The standard InChI is InChI=1S/C20H18N4O2S/c1-14-13-20(19-8-4-6-15-5-2-3-7-18(15)19)24(22-14)17-11-9-16(10-12-17)23-27(21,25)26/h2-13,23H,1H3,(H2,21,25,26). The van der Waals surface area contributed by atoms with Gasteiger partial charge >= 0.3 is 0 Å². The van der Waals surface area contributed by atoms with Crippen molar-refractivity contribution in [1.82, 2.24) is 9.78 Å². The van der Waals surface area contributed by atoms with Gasteiger partial charge in [-0.15, -0.1) is 0 Å². The van der Waals surface area contributed by atoms with E-state index >= 15 is 0 Å². The third kappa shape index (κ3) is 3.55. The molecule has 0 aliphatic rings. The minimum Gasteiger partial charge on any atom is -0.271 e. The molecule has 7 heteroatoms. The number of nitrogens with two attached hydrogens (primary N) is 1. The normalized spacial score (nSPS) is 11.6. The van der Waals surface area contributed by atoms with Gasteiger partial charge in [0.05, 0.1) is 17.1 Å².